The summed E-state index contributed by atoms with van der Waals surface area (Å²) in [4.78, 5) is 103. The van der Waals surface area contributed by atoms with Gasteiger partial charge >= 0.3 is 43.2 Å². The number of nitrogens with two attached hydrogens (primary N) is 4. The summed E-state index contributed by atoms with van der Waals surface area (Å²) in [6.07, 6.45) is 17.5. The Hall–Kier alpha value is -13.8. The SMILES string of the molecule is C.C.CC(C)(C)OC(=O)n1cc(B2OC(C)(C)C(C)(C)O2)cn1.CCn1cc(-c2cnc(N)c(-c3ccc(C(=O)OC)c(F)c3)n2)cn1.COC(=O)c1ccc(-c2nc(-c3cn[nH]c3)cnc2N)cc1F.COC(=O)c1ccc(-c2nc(-c3cnn(C(=O)OC(C)(C)C)c3)cnc2N)cc1F.COC(=O)c1ccc(-c2nc(Br)cnc2N)cc1F. The quantitative estimate of drug-likeness (QED) is 0.0310. The van der Waals surface area contributed by atoms with Crippen LogP contribution in [0.3, 0.4) is 0 Å². The molecule has 1 aliphatic heterocycles. The van der Waals surface area contributed by atoms with Crippen molar-refractivity contribution in [2.75, 3.05) is 51.4 Å². The third-order valence-corrected chi connectivity index (χ3v) is 17.4. The van der Waals surface area contributed by atoms with Gasteiger partial charge < -0.3 is 60.7 Å². The Morgan fingerprint density at radius 3 is 1.12 bits per heavy atom. The first-order valence-electron chi connectivity index (χ1n) is 35.3. The molecule has 8 aromatic heterocycles. The summed E-state index contributed by atoms with van der Waals surface area (Å²) < 4.78 is 101. The Morgan fingerprint density at radius 2 is 0.792 bits per heavy atom. The van der Waals surface area contributed by atoms with Gasteiger partial charge in [0.1, 0.15) is 85.1 Å². The highest BCUT2D eigenvalue weighted by Crippen LogP contribution is 2.37. The van der Waals surface area contributed by atoms with Crippen molar-refractivity contribution in [3.63, 3.8) is 0 Å². The molecule has 630 valence electrons. The number of hydrogen-bond acceptors (Lipinski definition) is 30. The van der Waals surface area contributed by atoms with Crippen molar-refractivity contribution < 1.29 is 84.1 Å². The Labute approximate surface area is 695 Å². The second-order valence-corrected chi connectivity index (χ2v) is 29.0. The van der Waals surface area contributed by atoms with Gasteiger partial charge in [-0.3, -0.25) is 9.78 Å². The molecule has 40 heteroatoms. The number of carbonyl (C=O) groups is 6. The highest BCUT2D eigenvalue weighted by molar-refractivity contribution is 9.10. The van der Waals surface area contributed by atoms with E-state index in [2.05, 4.69) is 100 Å². The minimum atomic E-state index is -0.790. The Kier molecular flexibility index (Phi) is 30.7. The molecule has 0 saturated carbocycles. The summed E-state index contributed by atoms with van der Waals surface area (Å²) in [5, 5.41) is 18.7. The van der Waals surface area contributed by atoms with E-state index in [1.165, 1.54) is 126 Å². The third kappa shape index (κ3) is 23.1. The molecule has 0 bridgehead atoms. The van der Waals surface area contributed by atoms with Gasteiger partial charge in [-0.2, -0.15) is 29.8 Å². The van der Waals surface area contributed by atoms with Crippen molar-refractivity contribution in [2.45, 2.75) is 120 Å². The number of hydrogen-bond donors (Lipinski definition) is 5. The zero-order chi connectivity index (χ0) is 86.5. The van der Waals surface area contributed by atoms with Crippen LogP contribution in [0.15, 0.2) is 152 Å². The largest absolute Gasteiger partial charge is 0.498 e. The van der Waals surface area contributed by atoms with Crippen LogP contribution in [0.25, 0.3) is 78.8 Å². The number of ether oxygens (including phenoxy) is 6. The summed E-state index contributed by atoms with van der Waals surface area (Å²) in [7, 11) is 4.20. The van der Waals surface area contributed by atoms with Crippen molar-refractivity contribution in [3.8, 4) is 78.8 Å². The second-order valence-electron chi connectivity index (χ2n) is 28.2. The zero-order valence-corrected chi connectivity index (χ0v) is 67.8. The van der Waals surface area contributed by atoms with E-state index in [0.717, 1.165) is 33.1 Å². The number of anilines is 4. The van der Waals surface area contributed by atoms with E-state index in [-0.39, 0.29) is 66.1 Å². The summed E-state index contributed by atoms with van der Waals surface area (Å²) in [5.74, 6) is -5.37. The summed E-state index contributed by atoms with van der Waals surface area (Å²) >= 11 is 3.16. The van der Waals surface area contributed by atoms with Gasteiger partial charge in [0, 0.05) is 81.9 Å². The minimum Gasteiger partial charge on any atom is -0.465 e. The Morgan fingerprint density at radius 1 is 0.458 bits per heavy atom. The first kappa shape index (κ1) is 93.4. The van der Waals surface area contributed by atoms with Gasteiger partial charge in [-0.25, -0.2) is 86.2 Å². The number of H-pyrrole nitrogens is 1. The predicted octanol–water partition coefficient (Wildman–Crippen LogP) is 13.5. The molecule has 1 saturated heterocycles. The summed E-state index contributed by atoms with van der Waals surface area (Å²) in [5.41, 5.74) is 27.5. The molecule has 12 aromatic rings. The topological polar surface area (TPSA) is 466 Å². The van der Waals surface area contributed by atoms with Gasteiger partial charge in [0.2, 0.25) is 0 Å². The molecule has 0 atom stereocenters. The number of aromatic nitrogens is 16. The van der Waals surface area contributed by atoms with Crippen LogP contribution in [0.1, 0.15) is 132 Å². The number of benzene rings is 4. The molecule has 0 spiro atoms. The number of carbonyl (C=O) groups excluding carboxylic acids is 6. The van der Waals surface area contributed by atoms with E-state index in [9.17, 15) is 46.3 Å². The van der Waals surface area contributed by atoms with Gasteiger partial charge in [-0.1, -0.05) is 39.1 Å². The monoisotopic (exact) mass is 1720 g/mol. The van der Waals surface area contributed by atoms with Crippen LogP contribution in [0.2, 0.25) is 0 Å². The van der Waals surface area contributed by atoms with Crippen molar-refractivity contribution in [1.29, 1.82) is 0 Å². The number of nitrogen functional groups attached to an aromatic ring is 4. The van der Waals surface area contributed by atoms with Crippen molar-refractivity contribution in [3.05, 3.63) is 197 Å². The maximum absolute atomic E-state index is 14.3. The number of methoxy groups -OCH3 is 4. The first-order valence-corrected chi connectivity index (χ1v) is 36.1. The standard InChI is InChI=1S/C20H20FN5O4.C17H16FN5O2.C15H12FN5O2.C14H23BN2O4.C12H9BrFN3O2.2CH4/c1-20(2,3)30-19(28)26-10-12(8-24-26)15-9-23-17(22)16(25-15)11-5-6-13(14(21)7-11)18(27)29-4;1-3-23-9-11(7-21-23)14-8-20-16(19)15(22-14)10-4-5-12(13(18)6-10)17(24)25-2;1-23-15(22)10-3-2-8(4-11(10)16)13-14(17)18-7-12(21-13)9-5-19-20-6-9;1-12(2,3)19-11(18)17-9-10(8-16-17)15-20-13(4,5)14(6,7)21-15;1-19-12(18)7-3-2-6(4-8(7)14)10-11(15)16-5-9(13)17-10;;/h5-10H,1-4H3,(H2,22,23);4-9H,3H2,1-2H3,(H2,19,20);2-7H,1H3,(H2,17,18)(H,19,20);8-9H,1-7H3;2-5H,1H3,(H2,15,16);2*1H4. The van der Waals surface area contributed by atoms with Crippen LogP contribution < -0.4 is 28.4 Å². The maximum atomic E-state index is 14.3. The normalized spacial score (nSPS) is 12.3. The number of halogens is 5. The minimum absolute atomic E-state index is 0. The van der Waals surface area contributed by atoms with E-state index in [4.69, 9.17) is 41.7 Å². The molecule has 13 rings (SSSR count). The fourth-order valence-electron chi connectivity index (χ4n) is 10.4. The van der Waals surface area contributed by atoms with Crippen LogP contribution in [-0.4, -0.2) is 173 Å². The van der Waals surface area contributed by atoms with Crippen LogP contribution in [0.5, 0.6) is 0 Å². The number of aromatic amines is 1. The first-order chi connectivity index (χ1) is 55.6. The molecule has 9 N–H and O–H groups in total. The van der Waals surface area contributed by atoms with E-state index < -0.39 is 88.9 Å². The third-order valence-electron chi connectivity index (χ3n) is 17.0. The fraction of sp³-hybridized carbons (Fsp3) is 0.275. The molecular formula is C80H88BBrF4N20O14. The highest BCUT2D eigenvalue weighted by Gasteiger charge is 2.52. The van der Waals surface area contributed by atoms with Gasteiger partial charge in [-0.15, -0.1) is 0 Å². The Balaban J connectivity index is 0.000000208. The van der Waals surface area contributed by atoms with Crippen molar-refractivity contribution in [1.82, 2.24) is 79.4 Å². The molecule has 4 aromatic carbocycles. The number of rotatable bonds is 13. The van der Waals surface area contributed by atoms with E-state index in [1.54, 1.807) is 62.5 Å². The van der Waals surface area contributed by atoms with Crippen LogP contribution in [-0.2, 0) is 44.3 Å². The average Bonchev–Trinajstić information content (AvgIpc) is 1.62. The molecule has 0 amide bonds. The lowest BCUT2D eigenvalue weighted by molar-refractivity contribution is 0.00578. The van der Waals surface area contributed by atoms with Gasteiger partial charge in [0.15, 0.2) is 0 Å². The van der Waals surface area contributed by atoms with Gasteiger partial charge in [0.25, 0.3) is 0 Å². The number of esters is 4. The fourth-order valence-corrected chi connectivity index (χ4v) is 10.6. The van der Waals surface area contributed by atoms with Gasteiger partial charge in [-0.05, 0) is 141 Å². The molecule has 0 aliphatic carbocycles. The smallest absolute Gasteiger partial charge is 0.465 e. The Bertz CT molecular complexity index is 5680. The van der Waals surface area contributed by atoms with Gasteiger partial charge in [0.05, 0.1) is 122 Å². The highest BCUT2D eigenvalue weighted by atomic mass is 79.9. The van der Waals surface area contributed by atoms with E-state index in [1.807, 2.05) is 61.6 Å². The molecule has 1 aliphatic rings. The molecule has 9 heterocycles. The zero-order valence-electron chi connectivity index (χ0n) is 66.3. The average molecular weight is 1720 g/mol. The summed E-state index contributed by atoms with van der Waals surface area (Å²) in [6.45, 7) is 21.3. The van der Waals surface area contributed by atoms with Crippen LogP contribution in [0, 0.1) is 23.3 Å². The van der Waals surface area contributed by atoms with Crippen LogP contribution in [0.4, 0.5) is 50.4 Å². The lowest BCUT2D eigenvalue weighted by Crippen LogP contribution is -2.41. The lowest BCUT2D eigenvalue weighted by Gasteiger charge is -2.32. The number of aryl methyl sites for hydroxylation is 1. The molecule has 120 heavy (non-hydrogen) atoms. The van der Waals surface area contributed by atoms with E-state index in [0.29, 0.717) is 72.0 Å². The predicted molar refractivity (Wildman–Crippen MR) is 441 cm³/mol. The van der Waals surface area contributed by atoms with Crippen molar-refractivity contribution in [2.24, 2.45) is 0 Å². The van der Waals surface area contributed by atoms with Crippen molar-refractivity contribution >= 4 is 87.8 Å². The molecular weight excluding hydrogens is 1630 g/mol. The van der Waals surface area contributed by atoms with Crippen LogP contribution >= 0.6 is 15.9 Å². The van der Waals surface area contributed by atoms with E-state index >= 15 is 0 Å². The number of nitrogens with one attached hydrogen (secondary N) is 1. The second kappa shape index (κ2) is 39.5. The molecule has 1 fully saturated rings. The lowest BCUT2D eigenvalue weighted by atomic mass is 9.82. The summed E-state index contributed by atoms with van der Waals surface area (Å²) in [6, 6.07) is 16.0. The molecule has 0 radical (unpaired) electrons. The molecule has 34 nitrogen and oxygen atoms in total. The maximum Gasteiger partial charge on any atom is 0.498 e. The number of nitrogens with zero attached hydrogens (tertiary/aromatic N) is 15. The molecule has 0 unspecified atom stereocenters.